The molecule has 1 aliphatic heterocycles. The maximum Gasteiger partial charge on any atom is 0.232 e. The molecule has 0 spiro atoms. The van der Waals surface area contributed by atoms with Crippen molar-refractivity contribution in [2.24, 2.45) is 0 Å². The lowest BCUT2D eigenvalue weighted by atomic mass is 9.76. The van der Waals surface area contributed by atoms with Gasteiger partial charge in [0, 0.05) is 11.4 Å². The molecule has 0 aliphatic carbocycles. The van der Waals surface area contributed by atoms with Gasteiger partial charge in [-0.2, -0.15) is 4.98 Å². The van der Waals surface area contributed by atoms with Crippen molar-refractivity contribution in [1.82, 2.24) is 15.5 Å². The van der Waals surface area contributed by atoms with E-state index < -0.39 is 0 Å². The lowest BCUT2D eigenvalue weighted by Gasteiger charge is -2.33. The monoisotopic (exact) mass is 305 g/mol. The Labute approximate surface area is 129 Å². The van der Waals surface area contributed by atoms with Crippen LogP contribution in [-0.2, 0) is 11.8 Å². The zero-order chi connectivity index (χ0) is 14.7. The van der Waals surface area contributed by atoms with Crippen LogP contribution in [0.5, 0.6) is 0 Å². The largest absolute Gasteiger partial charge is 0.339 e. The van der Waals surface area contributed by atoms with Crippen molar-refractivity contribution < 1.29 is 4.52 Å². The summed E-state index contributed by atoms with van der Waals surface area (Å²) in [6.07, 6.45) is 3.84. The van der Waals surface area contributed by atoms with Crippen molar-refractivity contribution in [1.29, 1.82) is 0 Å². The Morgan fingerprint density at radius 1 is 1.24 bits per heavy atom. The van der Waals surface area contributed by atoms with E-state index in [1.807, 2.05) is 24.3 Å². The summed E-state index contributed by atoms with van der Waals surface area (Å²) >= 11 is 5.90. The molecular formula is C16H20ClN3O. The number of aromatic nitrogens is 2. The van der Waals surface area contributed by atoms with Gasteiger partial charge in [0.15, 0.2) is 5.82 Å². The maximum atomic E-state index is 5.90. The number of halogens is 1. The molecule has 1 saturated heterocycles. The van der Waals surface area contributed by atoms with Gasteiger partial charge in [0.05, 0.1) is 5.41 Å². The second kappa shape index (κ2) is 6.16. The first-order valence-electron chi connectivity index (χ1n) is 7.50. The fourth-order valence-corrected chi connectivity index (χ4v) is 3.08. The van der Waals surface area contributed by atoms with Crippen LogP contribution in [0.1, 0.15) is 43.5 Å². The summed E-state index contributed by atoms with van der Waals surface area (Å²) < 4.78 is 5.58. The number of hydrogen-bond donors (Lipinski definition) is 1. The fraction of sp³-hybridized carbons (Fsp3) is 0.500. The number of rotatable bonds is 4. The first-order valence-corrected chi connectivity index (χ1v) is 7.88. The summed E-state index contributed by atoms with van der Waals surface area (Å²) in [6.45, 7) is 4.24. The second-order valence-electron chi connectivity index (χ2n) is 5.70. The van der Waals surface area contributed by atoms with E-state index in [0.717, 1.165) is 54.7 Å². The van der Waals surface area contributed by atoms with Crippen molar-refractivity contribution >= 4 is 11.6 Å². The maximum absolute atomic E-state index is 5.90. The topological polar surface area (TPSA) is 51.0 Å². The van der Waals surface area contributed by atoms with Crippen LogP contribution < -0.4 is 5.32 Å². The Bertz CT molecular complexity index is 588. The molecule has 0 atom stereocenters. The first-order chi connectivity index (χ1) is 10.2. The Morgan fingerprint density at radius 2 is 1.95 bits per heavy atom. The van der Waals surface area contributed by atoms with E-state index in [9.17, 15) is 0 Å². The molecule has 2 heterocycles. The molecule has 1 aliphatic rings. The standard InChI is InChI=1S/C16H20ClN3O/c1-2-16(7-9-18-10-8-16)15-19-14(20-21-15)11-12-3-5-13(17)6-4-12/h3-6,18H,2,7-11H2,1H3. The van der Waals surface area contributed by atoms with Gasteiger partial charge in [-0.05, 0) is 50.0 Å². The van der Waals surface area contributed by atoms with Gasteiger partial charge in [0.25, 0.3) is 0 Å². The van der Waals surface area contributed by atoms with Crippen LogP contribution in [-0.4, -0.2) is 23.2 Å². The van der Waals surface area contributed by atoms with Gasteiger partial charge in [0.1, 0.15) is 0 Å². The molecule has 0 saturated carbocycles. The van der Waals surface area contributed by atoms with Crippen LogP contribution in [0.4, 0.5) is 0 Å². The zero-order valence-corrected chi connectivity index (χ0v) is 13.0. The Kier molecular flexibility index (Phi) is 4.27. The minimum atomic E-state index is 0.0521. The van der Waals surface area contributed by atoms with Crippen molar-refractivity contribution in [3.63, 3.8) is 0 Å². The highest BCUT2D eigenvalue weighted by Crippen LogP contribution is 2.35. The summed E-state index contributed by atoms with van der Waals surface area (Å²) in [7, 11) is 0. The first kappa shape index (κ1) is 14.5. The van der Waals surface area contributed by atoms with Crippen molar-refractivity contribution in [2.75, 3.05) is 13.1 Å². The van der Waals surface area contributed by atoms with E-state index in [4.69, 9.17) is 16.1 Å². The number of hydrogen-bond acceptors (Lipinski definition) is 4. The van der Waals surface area contributed by atoms with Crippen LogP contribution in [0.3, 0.4) is 0 Å². The molecule has 2 aromatic rings. The van der Waals surface area contributed by atoms with Crippen LogP contribution in [0, 0.1) is 0 Å². The van der Waals surface area contributed by atoms with Crippen molar-refractivity contribution in [3.05, 3.63) is 46.6 Å². The van der Waals surface area contributed by atoms with Crippen LogP contribution in [0.2, 0.25) is 5.02 Å². The number of piperidine rings is 1. The van der Waals surface area contributed by atoms with E-state index in [1.54, 1.807) is 0 Å². The zero-order valence-electron chi connectivity index (χ0n) is 12.2. The lowest BCUT2D eigenvalue weighted by Crippen LogP contribution is -2.39. The summed E-state index contributed by atoms with van der Waals surface area (Å²) in [4.78, 5) is 4.66. The van der Waals surface area contributed by atoms with Gasteiger partial charge in [0.2, 0.25) is 5.89 Å². The highest BCUT2D eigenvalue weighted by Gasteiger charge is 2.37. The van der Waals surface area contributed by atoms with Gasteiger partial charge in [-0.1, -0.05) is 35.8 Å². The molecule has 0 radical (unpaired) electrons. The van der Waals surface area contributed by atoms with Crippen molar-refractivity contribution in [3.8, 4) is 0 Å². The van der Waals surface area contributed by atoms with Gasteiger partial charge < -0.3 is 9.84 Å². The molecule has 5 heteroatoms. The molecule has 112 valence electrons. The third-order valence-electron chi connectivity index (χ3n) is 4.43. The van der Waals surface area contributed by atoms with E-state index >= 15 is 0 Å². The van der Waals surface area contributed by atoms with E-state index in [2.05, 4.69) is 22.4 Å². The predicted octanol–water partition coefficient (Wildman–Crippen LogP) is 3.35. The SMILES string of the molecule is CCC1(c2nc(Cc3ccc(Cl)cc3)no2)CCNCC1. The summed E-state index contributed by atoms with van der Waals surface area (Å²) in [5, 5.41) is 8.30. The van der Waals surface area contributed by atoms with E-state index in [0.29, 0.717) is 6.42 Å². The van der Waals surface area contributed by atoms with Gasteiger partial charge >= 0.3 is 0 Å². The fourth-order valence-electron chi connectivity index (χ4n) is 2.95. The molecule has 1 aromatic carbocycles. The predicted molar refractivity (Wildman–Crippen MR) is 82.6 cm³/mol. The molecule has 21 heavy (non-hydrogen) atoms. The third kappa shape index (κ3) is 3.11. The minimum absolute atomic E-state index is 0.0521. The molecule has 0 amide bonds. The number of nitrogens with one attached hydrogen (secondary N) is 1. The highest BCUT2D eigenvalue weighted by molar-refractivity contribution is 6.30. The molecule has 4 nitrogen and oxygen atoms in total. The van der Waals surface area contributed by atoms with Crippen LogP contribution >= 0.6 is 11.6 Å². The number of benzene rings is 1. The van der Waals surface area contributed by atoms with Gasteiger partial charge in [-0.3, -0.25) is 0 Å². The Hall–Kier alpha value is -1.39. The lowest BCUT2D eigenvalue weighted by molar-refractivity contribution is 0.216. The average molecular weight is 306 g/mol. The van der Waals surface area contributed by atoms with E-state index in [1.165, 1.54) is 0 Å². The molecule has 3 rings (SSSR count). The average Bonchev–Trinajstić information content (AvgIpc) is 2.99. The van der Waals surface area contributed by atoms with Crippen molar-refractivity contribution in [2.45, 2.75) is 38.0 Å². The normalized spacial score (nSPS) is 17.8. The Balaban J connectivity index is 1.77. The molecule has 1 fully saturated rings. The summed E-state index contributed by atoms with van der Waals surface area (Å²) in [6, 6.07) is 7.77. The molecule has 0 bridgehead atoms. The smallest absolute Gasteiger partial charge is 0.232 e. The molecule has 0 unspecified atom stereocenters. The summed E-state index contributed by atoms with van der Waals surface area (Å²) in [5.74, 6) is 1.55. The highest BCUT2D eigenvalue weighted by atomic mass is 35.5. The molecular weight excluding hydrogens is 286 g/mol. The quantitative estimate of drug-likeness (QED) is 0.941. The van der Waals surface area contributed by atoms with Crippen LogP contribution in [0.25, 0.3) is 0 Å². The second-order valence-corrected chi connectivity index (χ2v) is 6.14. The molecule has 1 aromatic heterocycles. The third-order valence-corrected chi connectivity index (χ3v) is 4.69. The van der Waals surface area contributed by atoms with Gasteiger partial charge in [-0.15, -0.1) is 0 Å². The number of nitrogens with zero attached hydrogens (tertiary/aromatic N) is 2. The minimum Gasteiger partial charge on any atom is -0.339 e. The van der Waals surface area contributed by atoms with E-state index in [-0.39, 0.29) is 5.41 Å². The molecule has 1 N–H and O–H groups in total. The van der Waals surface area contributed by atoms with Crippen LogP contribution in [0.15, 0.2) is 28.8 Å². The Morgan fingerprint density at radius 3 is 2.62 bits per heavy atom. The summed E-state index contributed by atoms with van der Waals surface area (Å²) in [5.41, 5.74) is 1.19. The van der Waals surface area contributed by atoms with Gasteiger partial charge in [-0.25, -0.2) is 0 Å².